The molecule has 0 unspecified atom stereocenters. The number of aromatic nitrogens is 2. The maximum absolute atomic E-state index is 13.1. The van der Waals surface area contributed by atoms with Gasteiger partial charge in [-0.15, -0.1) is 0 Å². The lowest BCUT2D eigenvalue weighted by atomic mass is 10.1. The summed E-state index contributed by atoms with van der Waals surface area (Å²) in [5.74, 6) is 0.857. The van der Waals surface area contributed by atoms with Crippen LogP contribution in [0.4, 0.5) is 24.8 Å². The Bertz CT molecular complexity index is 1190. The summed E-state index contributed by atoms with van der Waals surface area (Å²) >= 11 is 0. The summed E-state index contributed by atoms with van der Waals surface area (Å²) in [5, 5.41) is 0. The molecule has 2 aliphatic heterocycles. The molecule has 182 valence electrons. The van der Waals surface area contributed by atoms with Gasteiger partial charge in [0.2, 0.25) is 10.0 Å². The normalized spacial score (nSPS) is 20.6. The molecule has 0 spiro atoms. The van der Waals surface area contributed by atoms with Crippen LogP contribution in [0.5, 0.6) is 0 Å². The summed E-state index contributed by atoms with van der Waals surface area (Å²) in [6, 6.07) is 4.33. The van der Waals surface area contributed by atoms with Crippen LogP contribution in [0, 0.1) is 0 Å². The van der Waals surface area contributed by atoms with E-state index in [1.54, 1.807) is 17.0 Å². The van der Waals surface area contributed by atoms with E-state index in [0.29, 0.717) is 61.9 Å². The van der Waals surface area contributed by atoms with Gasteiger partial charge in [0.15, 0.2) is 0 Å². The van der Waals surface area contributed by atoms with Crippen molar-refractivity contribution in [1.82, 2.24) is 14.9 Å². The predicted molar refractivity (Wildman–Crippen MR) is 119 cm³/mol. The van der Waals surface area contributed by atoms with Gasteiger partial charge in [-0.05, 0) is 48.9 Å². The van der Waals surface area contributed by atoms with Gasteiger partial charge in [0.05, 0.1) is 16.9 Å². The molecule has 3 aliphatic rings. The van der Waals surface area contributed by atoms with E-state index in [4.69, 9.17) is 0 Å². The number of hydrogen-bond donors (Lipinski definition) is 0. The molecule has 0 aromatic carbocycles. The first-order chi connectivity index (χ1) is 16.1. The van der Waals surface area contributed by atoms with Gasteiger partial charge in [-0.1, -0.05) is 0 Å². The number of nitrogens with zero attached hydrogens (tertiary/aromatic N) is 5. The highest BCUT2D eigenvalue weighted by Gasteiger charge is 2.36. The molecule has 8 nitrogen and oxygen atoms in total. The van der Waals surface area contributed by atoms with Crippen LogP contribution < -0.4 is 9.21 Å². The number of rotatable bonds is 4. The number of alkyl halides is 3. The van der Waals surface area contributed by atoms with E-state index in [2.05, 4.69) is 9.97 Å². The average Bonchev–Trinajstić information content (AvgIpc) is 3.60. The van der Waals surface area contributed by atoms with E-state index in [9.17, 15) is 26.4 Å². The zero-order chi connectivity index (χ0) is 24.1. The quantitative estimate of drug-likeness (QED) is 0.649. The maximum atomic E-state index is 13.1. The maximum Gasteiger partial charge on any atom is 0.417 e. The standard InChI is InChI=1S/C22H24F3N5O3S/c23-22(24,25)17-12-18(15-2-3-15)20(27-14-17)28-7-9-29(10-8-28)21(31)16-4-5-19(26-13-16)30-6-1-11-34(30,32)33/h4-5,12-15H,1-3,6-11H2. The van der Waals surface area contributed by atoms with Gasteiger partial charge in [0.25, 0.3) is 5.91 Å². The van der Waals surface area contributed by atoms with Crippen LogP contribution in [0.1, 0.15) is 46.7 Å². The summed E-state index contributed by atoms with van der Waals surface area (Å²) in [4.78, 5) is 24.9. The van der Waals surface area contributed by atoms with Crippen molar-refractivity contribution < 1.29 is 26.4 Å². The molecule has 0 radical (unpaired) electrons. The summed E-state index contributed by atoms with van der Waals surface area (Å²) in [5.41, 5.74) is 0.260. The van der Waals surface area contributed by atoms with E-state index < -0.39 is 21.8 Å². The van der Waals surface area contributed by atoms with Crippen molar-refractivity contribution in [1.29, 1.82) is 0 Å². The Morgan fingerprint density at radius 3 is 2.29 bits per heavy atom. The van der Waals surface area contributed by atoms with Crippen LogP contribution >= 0.6 is 0 Å². The fraction of sp³-hybridized carbons (Fsp3) is 0.500. The fourth-order valence-electron chi connectivity index (χ4n) is 4.45. The van der Waals surface area contributed by atoms with E-state index in [0.717, 1.165) is 19.0 Å². The van der Waals surface area contributed by atoms with Crippen molar-refractivity contribution in [2.75, 3.05) is 47.7 Å². The molecule has 5 rings (SSSR count). The van der Waals surface area contributed by atoms with Crippen molar-refractivity contribution in [3.63, 3.8) is 0 Å². The lowest BCUT2D eigenvalue weighted by Crippen LogP contribution is -2.49. The molecule has 2 saturated heterocycles. The van der Waals surface area contributed by atoms with E-state index in [1.165, 1.54) is 16.6 Å². The Labute approximate surface area is 195 Å². The highest BCUT2D eigenvalue weighted by Crippen LogP contribution is 2.45. The lowest BCUT2D eigenvalue weighted by Gasteiger charge is -2.36. The molecular formula is C22H24F3N5O3S. The molecule has 1 saturated carbocycles. The number of sulfonamides is 1. The summed E-state index contributed by atoms with van der Waals surface area (Å²) < 4.78 is 64.8. The molecule has 0 atom stereocenters. The number of anilines is 2. The van der Waals surface area contributed by atoms with Crippen molar-refractivity contribution in [3.05, 3.63) is 47.3 Å². The average molecular weight is 496 g/mol. The first-order valence-electron chi connectivity index (χ1n) is 11.2. The van der Waals surface area contributed by atoms with Gasteiger partial charge in [0, 0.05) is 45.1 Å². The number of halogens is 3. The third-order valence-electron chi connectivity index (χ3n) is 6.46. The van der Waals surface area contributed by atoms with Crippen LogP contribution in [0.3, 0.4) is 0 Å². The zero-order valence-electron chi connectivity index (χ0n) is 18.3. The van der Waals surface area contributed by atoms with Gasteiger partial charge in [-0.3, -0.25) is 9.10 Å². The smallest absolute Gasteiger partial charge is 0.353 e. The highest BCUT2D eigenvalue weighted by atomic mass is 32.2. The van der Waals surface area contributed by atoms with Crippen LogP contribution in [0.2, 0.25) is 0 Å². The molecular weight excluding hydrogens is 471 g/mol. The van der Waals surface area contributed by atoms with Crippen LogP contribution in [0.15, 0.2) is 30.6 Å². The summed E-state index contributed by atoms with van der Waals surface area (Å²) in [6.45, 7) is 2.09. The largest absolute Gasteiger partial charge is 0.417 e. The van der Waals surface area contributed by atoms with Gasteiger partial charge in [-0.25, -0.2) is 18.4 Å². The number of amides is 1. The second-order valence-corrected chi connectivity index (χ2v) is 10.8. The Balaban J connectivity index is 1.25. The minimum atomic E-state index is -4.43. The fourth-order valence-corrected chi connectivity index (χ4v) is 5.96. The van der Waals surface area contributed by atoms with Gasteiger partial charge in [0.1, 0.15) is 11.6 Å². The Hall–Kier alpha value is -2.89. The number of pyridine rings is 2. The summed E-state index contributed by atoms with van der Waals surface area (Å²) in [6.07, 6.45) is 0.105. The number of hydrogen-bond acceptors (Lipinski definition) is 6. The summed E-state index contributed by atoms with van der Waals surface area (Å²) in [7, 11) is -3.34. The van der Waals surface area contributed by atoms with Crippen LogP contribution in [-0.2, 0) is 16.2 Å². The van der Waals surface area contributed by atoms with E-state index in [1.807, 2.05) is 4.90 Å². The third-order valence-corrected chi connectivity index (χ3v) is 8.30. The van der Waals surface area contributed by atoms with Crippen molar-refractivity contribution in [2.24, 2.45) is 0 Å². The Morgan fingerprint density at radius 2 is 1.74 bits per heavy atom. The molecule has 0 bridgehead atoms. The molecule has 1 amide bonds. The van der Waals surface area contributed by atoms with Gasteiger partial charge < -0.3 is 9.80 Å². The molecule has 3 fully saturated rings. The van der Waals surface area contributed by atoms with Crippen molar-refractivity contribution >= 4 is 27.6 Å². The second-order valence-electron chi connectivity index (χ2n) is 8.83. The first-order valence-corrected chi connectivity index (χ1v) is 12.8. The second kappa shape index (κ2) is 8.40. The molecule has 1 aliphatic carbocycles. The number of carbonyl (C=O) groups is 1. The minimum Gasteiger partial charge on any atom is -0.353 e. The number of piperazine rings is 1. The molecule has 4 heterocycles. The molecule has 2 aromatic rings. The zero-order valence-corrected chi connectivity index (χ0v) is 19.1. The molecule has 34 heavy (non-hydrogen) atoms. The molecule has 2 aromatic heterocycles. The van der Waals surface area contributed by atoms with Crippen molar-refractivity contribution in [2.45, 2.75) is 31.4 Å². The Kier molecular flexibility index (Phi) is 5.65. The number of carbonyl (C=O) groups excluding carboxylic acids is 1. The predicted octanol–water partition coefficient (Wildman–Crippen LogP) is 2.88. The topological polar surface area (TPSA) is 86.7 Å². The van der Waals surface area contributed by atoms with Crippen molar-refractivity contribution in [3.8, 4) is 0 Å². The minimum absolute atomic E-state index is 0.0931. The SMILES string of the molecule is O=C(c1ccc(N2CCCS2(=O)=O)nc1)N1CCN(c2ncc(C(F)(F)F)cc2C2CC2)CC1. The van der Waals surface area contributed by atoms with Crippen LogP contribution in [-0.4, -0.2) is 67.7 Å². The van der Waals surface area contributed by atoms with Crippen LogP contribution in [0.25, 0.3) is 0 Å². The van der Waals surface area contributed by atoms with E-state index >= 15 is 0 Å². The lowest BCUT2D eigenvalue weighted by molar-refractivity contribution is -0.137. The third kappa shape index (κ3) is 4.42. The highest BCUT2D eigenvalue weighted by molar-refractivity contribution is 7.93. The first kappa shape index (κ1) is 22.9. The molecule has 12 heteroatoms. The molecule has 0 N–H and O–H groups in total. The van der Waals surface area contributed by atoms with E-state index in [-0.39, 0.29) is 17.6 Å². The Morgan fingerprint density at radius 1 is 1.00 bits per heavy atom. The monoisotopic (exact) mass is 495 g/mol. The van der Waals surface area contributed by atoms with Gasteiger partial charge in [-0.2, -0.15) is 13.2 Å². The van der Waals surface area contributed by atoms with Gasteiger partial charge >= 0.3 is 6.18 Å².